The van der Waals surface area contributed by atoms with Crippen LogP contribution in [0.2, 0.25) is 0 Å². The van der Waals surface area contributed by atoms with Crippen LogP contribution in [0.3, 0.4) is 0 Å². The summed E-state index contributed by atoms with van der Waals surface area (Å²) in [5, 5.41) is 2.39. The first-order valence-corrected chi connectivity index (χ1v) is 5.42. The molecule has 0 aliphatic rings. The van der Waals surface area contributed by atoms with Crippen LogP contribution in [0.1, 0.15) is 6.92 Å². The van der Waals surface area contributed by atoms with Crippen LogP contribution in [-0.2, 0) is 19.1 Å². The van der Waals surface area contributed by atoms with Gasteiger partial charge in [-0.1, -0.05) is 18.2 Å². The molecule has 1 N–H and O–H groups in total. The molecular formula is C12H18N2O4. The Morgan fingerprint density at radius 1 is 1.28 bits per heavy atom. The zero-order chi connectivity index (χ0) is 14.0. The molecule has 0 saturated carbocycles. The summed E-state index contributed by atoms with van der Waals surface area (Å²) in [7, 11) is 2.94. The molecule has 0 aliphatic heterocycles. The van der Waals surface area contributed by atoms with E-state index in [4.69, 9.17) is 4.74 Å². The Balaban J connectivity index is 4.02. The van der Waals surface area contributed by atoms with E-state index in [1.54, 1.807) is 12.2 Å². The third kappa shape index (κ3) is 7.21. The third-order valence-electron chi connectivity index (χ3n) is 1.96. The summed E-state index contributed by atoms with van der Waals surface area (Å²) in [6, 6.07) is 0. The number of rotatable bonds is 6. The Labute approximate surface area is 106 Å². The van der Waals surface area contributed by atoms with E-state index in [9.17, 15) is 14.4 Å². The van der Waals surface area contributed by atoms with Gasteiger partial charge in [0.2, 0.25) is 5.91 Å². The van der Waals surface area contributed by atoms with Gasteiger partial charge in [-0.05, 0) is 6.92 Å². The second-order valence-corrected chi connectivity index (χ2v) is 3.42. The average molecular weight is 254 g/mol. The molecule has 0 saturated heterocycles. The number of carbonyl (C=O) groups is 3. The molecule has 2 amide bonds. The number of carbonyl (C=O) groups excluding carboxylic acids is 3. The summed E-state index contributed by atoms with van der Waals surface area (Å²) in [5.74, 6) is -1.33. The van der Waals surface area contributed by atoms with Crippen LogP contribution in [0, 0.1) is 0 Å². The summed E-state index contributed by atoms with van der Waals surface area (Å²) in [4.78, 5) is 34.8. The van der Waals surface area contributed by atoms with Crippen molar-refractivity contribution in [1.29, 1.82) is 0 Å². The molecule has 0 heterocycles. The summed E-state index contributed by atoms with van der Waals surface area (Å²) in [5.41, 5.74) is 0. The molecule has 0 spiro atoms. The minimum Gasteiger partial charge on any atom is -0.452 e. The lowest BCUT2D eigenvalue weighted by molar-refractivity contribution is -0.148. The maximum absolute atomic E-state index is 11.5. The minimum absolute atomic E-state index is 0.0682. The van der Waals surface area contributed by atoms with Gasteiger partial charge in [0.05, 0.1) is 6.54 Å². The first kappa shape index (κ1) is 15.9. The normalized spacial score (nSPS) is 10.6. The Morgan fingerprint density at radius 2 is 1.94 bits per heavy atom. The molecule has 6 heteroatoms. The molecule has 0 aromatic carbocycles. The molecule has 18 heavy (non-hydrogen) atoms. The summed E-state index contributed by atoms with van der Waals surface area (Å²) in [6.07, 6.45) is 6.15. The van der Waals surface area contributed by atoms with Gasteiger partial charge in [-0.3, -0.25) is 9.59 Å². The molecule has 6 nitrogen and oxygen atoms in total. The van der Waals surface area contributed by atoms with Crippen molar-refractivity contribution in [3.8, 4) is 0 Å². The van der Waals surface area contributed by atoms with Gasteiger partial charge in [0.25, 0.3) is 5.91 Å². The standard InChI is InChI=1S/C12H18N2O4/c1-4-5-6-7-12(17)18-9-11(16)14(3)8-10(15)13-2/h4-7H,8-9H2,1-3H3,(H,13,15)/b5-4+,7-6+. The van der Waals surface area contributed by atoms with Crippen molar-refractivity contribution in [2.24, 2.45) is 0 Å². The van der Waals surface area contributed by atoms with Crippen molar-refractivity contribution in [2.75, 3.05) is 27.2 Å². The van der Waals surface area contributed by atoms with Crippen molar-refractivity contribution in [3.63, 3.8) is 0 Å². The van der Waals surface area contributed by atoms with Crippen molar-refractivity contribution in [1.82, 2.24) is 10.2 Å². The Morgan fingerprint density at radius 3 is 2.50 bits per heavy atom. The quantitative estimate of drug-likeness (QED) is 0.407. The lowest BCUT2D eigenvalue weighted by Crippen LogP contribution is -2.38. The number of likely N-dealkylation sites (N-methyl/N-ethyl adjacent to an activating group) is 2. The van der Waals surface area contributed by atoms with Crippen molar-refractivity contribution >= 4 is 17.8 Å². The lowest BCUT2D eigenvalue weighted by atomic mass is 10.4. The maximum atomic E-state index is 11.5. The van der Waals surface area contributed by atoms with Crippen molar-refractivity contribution in [3.05, 3.63) is 24.3 Å². The largest absolute Gasteiger partial charge is 0.452 e. The molecular weight excluding hydrogens is 236 g/mol. The van der Waals surface area contributed by atoms with E-state index in [0.717, 1.165) is 0 Å². The fourth-order valence-corrected chi connectivity index (χ4v) is 0.919. The predicted octanol–water partition coefficient (Wildman–Crippen LogP) is -0.134. The van der Waals surface area contributed by atoms with Gasteiger partial charge in [-0.15, -0.1) is 0 Å². The molecule has 0 fully saturated rings. The molecule has 0 aromatic heterocycles. The van der Waals surface area contributed by atoms with Crippen LogP contribution >= 0.6 is 0 Å². The van der Waals surface area contributed by atoms with E-state index in [1.165, 1.54) is 31.1 Å². The maximum Gasteiger partial charge on any atom is 0.331 e. The first-order chi connectivity index (χ1) is 8.51. The van der Waals surface area contributed by atoms with Gasteiger partial charge in [0, 0.05) is 20.2 Å². The van der Waals surface area contributed by atoms with E-state index in [1.807, 2.05) is 6.92 Å². The second kappa shape index (κ2) is 8.98. The van der Waals surface area contributed by atoms with Gasteiger partial charge in [0.1, 0.15) is 0 Å². The molecule has 0 unspecified atom stereocenters. The van der Waals surface area contributed by atoms with Gasteiger partial charge in [0.15, 0.2) is 6.61 Å². The number of esters is 1. The van der Waals surface area contributed by atoms with Crippen LogP contribution in [0.25, 0.3) is 0 Å². The number of amides is 2. The SMILES string of the molecule is C/C=C/C=C/C(=O)OCC(=O)N(C)CC(=O)NC. The van der Waals surface area contributed by atoms with Gasteiger partial charge in [-0.25, -0.2) is 4.79 Å². The number of nitrogens with zero attached hydrogens (tertiary/aromatic N) is 1. The highest BCUT2D eigenvalue weighted by Gasteiger charge is 2.13. The minimum atomic E-state index is -0.602. The predicted molar refractivity (Wildman–Crippen MR) is 66.6 cm³/mol. The molecule has 0 bridgehead atoms. The number of nitrogens with one attached hydrogen (secondary N) is 1. The topological polar surface area (TPSA) is 75.7 Å². The first-order valence-electron chi connectivity index (χ1n) is 5.42. The number of hydrogen-bond donors (Lipinski definition) is 1. The molecule has 0 rings (SSSR count). The molecule has 0 aromatic rings. The average Bonchev–Trinajstić information content (AvgIpc) is 2.35. The molecule has 100 valence electrons. The summed E-state index contributed by atoms with van der Waals surface area (Å²) < 4.78 is 4.70. The molecule has 0 radical (unpaired) electrons. The van der Waals surface area contributed by atoms with Crippen LogP contribution in [0.4, 0.5) is 0 Å². The number of allylic oxidation sites excluding steroid dienone is 3. The van der Waals surface area contributed by atoms with Gasteiger partial charge < -0.3 is 15.0 Å². The summed E-state index contributed by atoms with van der Waals surface area (Å²) >= 11 is 0. The van der Waals surface area contributed by atoms with E-state index in [0.29, 0.717) is 0 Å². The molecule has 0 atom stereocenters. The van der Waals surface area contributed by atoms with Crippen LogP contribution in [0.5, 0.6) is 0 Å². The highest BCUT2D eigenvalue weighted by atomic mass is 16.5. The third-order valence-corrected chi connectivity index (χ3v) is 1.96. The summed E-state index contributed by atoms with van der Waals surface area (Å²) in [6.45, 7) is 1.36. The highest BCUT2D eigenvalue weighted by molar-refractivity contribution is 5.88. The Bertz CT molecular complexity index is 361. The fourth-order valence-electron chi connectivity index (χ4n) is 0.919. The number of hydrogen-bond acceptors (Lipinski definition) is 4. The van der Waals surface area contributed by atoms with Gasteiger partial charge in [-0.2, -0.15) is 0 Å². The zero-order valence-electron chi connectivity index (χ0n) is 10.8. The lowest BCUT2D eigenvalue weighted by Gasteiger charge is -2.15. The van der Waals surface area contributed by atoms with E-state index < -0.39 is 11.9 Å². The van der Waals surface area contributed by atoms with Gasteiger partial charge >= 0.3 is 5.97 Å². The fraction of sp³-hybridized carbons (Fsp3) is 0.417. The monoisotopic (exact) mass is 254 g/mol. The van der Waals surface area contributed by atoms with E-state index >= 15 is 0 Å². The van der Waals surface area contributed by atoms with Crippen molar-refractivity contribution in [2.45, 2.75) is 6.92 Å². The zero-order valence-corrected chi connectivity index (χ0v) is 10.8. The Hall–Kier alpha value is -2.11. The smallest absolute Gasteiger partial charge is 0.331 e. The number of ether oxygens (including phenoxy) is 1. The van der Waals surface area contributed by atoms with Crippen LogP contribution in [0.15, 0.2) is 24.3 Å². The Kier molecular flexibility index (Phi) is 7.92. The molecule has 0 aliphatic carbocycles. The van der Waals surface area contributed by atoms with Crippen molar-refractivity contribution < 1.29 is 19.1 Å². The van der Waals surface area contributed by atoms with E-state index in [2.05, 4.69) is 5.32 Å². The highest BCUT2D eigenvalue weighted by Crippen LogP contribution is 1.89. The second-order valence-electron chi connectivity index (χ2n) is 3.42. The van der Waals surface area contributed by atoms with Crippen LogP contribution < -0.4 is 5.32 Å². The van der Waals surface area contributed by atoms with Crippen LogP contribution in [-0.4, -0.2) is 49.9 Å². The van der Waals surface area contributed by atoms with E-state index in [-0.39, 0.29) is 19.1 Å².